The Balaban J connectivity index is 1.67. The molecule has 0 saturated carbocycles. The van der Waals surface area contributed by atoms with Gasteiger partial charge in [0.15, 0.2) is 0 Å². The molecule has 0 spiro atoms. The number of rotatable bonds is 6. The number of sulfonamides is 1. The Labute approximate surface area is 168 Å². The van der Waals surface area contributed by atoms with Crippen molar-refractivity contribution in [3.8, 4) is 0 Å². The Kier molecular flexibility index (Phi) is 6.33. The second kappa shape index (κ2) is 8.72. The maximum Gasteiger partial charge on any atom is 0.329 e. The maximum atomic E-state index is 12.5. The predicted octanol–water partition coefficient (Wildman–Crippen LogP) is 2.51. The first-order chi connectivity index (χ1) is 13.4. The minimum Gasteiger partial charge on any atom is -0.459 e. The molecule has 1 aliphatic rings. The number of halogens is 1. The monoisotopic (exact) mass is 422 g/mol. The maximum absolute atomic E-state index is 12.5. The van der Waals surface area contributed by atoms with Crippen LogP contribution in [0.25, 0.3) is 0 Å². The number of carbonyl (C=O) groups is 2. The molecule has 0 bridgehead atoms. The highest BCUT2D eigenvalue weighted by atomic mass is 35.5. The van der Waals surface area contributed by atoms with Gasteiger partial charge < -0.3 is 9.64 Å². The molecular weight excluding hydrogens is 404 g/mol. The fourth-order valence-corrected chi connectivity index (χ4v) is 4.50. The summed E-state index contributed by atoms with van der Waals surface area (Å²) in [7, 11) is -3.78. The zero-order chi connectivity index (χ0) is 20.1. The number of nitrogens with zero attached hydrogens (tertiary/aromatic N) is 1. The number of hydrogen-bond donors (Lipinski definition) is 1. The van der Waals surface area contributed by atoms with E-state index in [4.69, 9.17) is 16.3 Å². The third kappa shape index (κ3) is 4.89. The Morgan fingerprint density at radius 1 is 1.07 bits per heavy atom. The fraction of sp³-hybridized carbons (Fsp3) is 0.263. The van der Waals surface area contributed by atoms with Crippen LogP contribution in [-0.2, 0) is 26.2 Å². The minimum atomic E-state index is -3.78. The summed E-state index contributed by atoms with van der Waals surface area (Å²) in [4.78, 5) is 25.4. The second-order valence-corrected chi connectivity index (χ2v) is 8.42. The normalized spacial score (nSPS) is 19.4. The Hall–Kier alpha value is -2.42. The average Bonchev–Trinajstić information content (AvgIpc) is 3.11. The van der Waals surface area contributed by atoms with E-state index in [0.29, 0.717) is 0 Å². The topological polar surface area (TPSA) is 92.8 Å². The van der Waals surface area contributed by atoms with E-state index in [2.05, 4.69) is 4.72 Å². The van der Waals surface area contributed by atoms with Crippen LogP contribution in [0.5, 0.6) is 0 Å². The van der Waals surface area contributed by atoms with E-state index in [1.54, 1.807) is 18.2 Å². The van der Waals surface area contributed by atoms with Gasteiger partial charge in [0.1, 0.15) is 12.6 Å². The highest BCUT2D eigenvalue weighted by Crippen LogP contribution is 2.23. The van der Waals surface area contributed by atoms with Crippen molar-refractivity contribution in [3.63, 3.8) is 0 Å². The average molecular weight is 423 g/mol. The first-order valence-corrected chi connectivity index (χ1v) is 10.5. The van der Waals surface area contributed by atoms with Crippen molar-refractivity contribution in [1.29, 1.82) is 0 Å². The van der Waals surface area contributed by atoms with Crippen LogP contribution < -0.4 is 4.72 Å². The standard InChI is InChI=1S/C19H19ClN2O5S/c20-19(24)22-12-15(21-28(25,26)16-9-5-2-6-10-16)11-17(22)18(23)27-13-14-7-3-1-4-8-14/h1-10,15,17,21H,11-13H2/t15-,17+/m1/s1. The van der Waals surface area contributed by atoms with Crippen molar-refractivity contribution >= 4 is 33.0 Å². The molecule has 3 rings (SSSR count). The van der Waals surface area contributed by atoms with E-state index in [9.17, 15) is 18.0 Å². The number of ether oxygens (including phenoxy) is 1. The molecule has 0 unspecified atom stereocenters. The van der Waals surface area contributed by atoms with E-state index in [0.717, 1.165) is 10.5 Å². The molecule has 7 nitrogen and oxygen atoms in total. The zero-order valence-corrected chi connectivity index (χ0v) is 16.4. The number of esters is 1. The van der Waals surface area contributed by atoms with Crippen LogP contribution in [-0.4, -0.2) is 43.3 Å². The molecular formula is C19H19ClN2O5S. The first-order valence-electron chi connectivity index (χ1n) is 8.61. The third-order valence-corrected chi connectivity index (χ3v) is 6.15. The van der Waals surface area contributed by atoms with Crippen molar-refractivity contribution in [2.24, 2.45) is 0 Å². The summed E-state index contributed by atoms with van der Waals surface area (Å²) >= 11 is 5.60. The molecule has 1 N–H and O–H groups in total. The van der Waals surface area contributed by atoms with Crippen LogP contribution in [0.15, 0.2) is 65.6 Å². The molecule has 1 amide bonds. The molecule has 2 aromatic carbocycles. The van der Waals surface area contributed by atoms with Gasteiger partial charge in [0, 0.05) is 12.6 Å². The summed E-state index contributed by atoms with van der Waals surface area (Å²) in [5, 5.41) is -0.830. The van der Waals surface area contributed by atoms with Crippen molar-refractivity contribution < 1.29 is 22.7 Å². The number of benzene rings is 2. The van der Waals surface area contributed by atoms with Crippen LogP contribution in [0.2, 0.25) is 0 Å². The second-order valence-electron chi connectivity index (χ2n) is 6.38. The molecule has 1 heterocycles. The van der Waals surface area contributed by atoms with Gasteiger partial charge >= 0.3 is 11.3 Å². The Bertz CT molecular complexity index is 937. The van der Waals surface area contributed by atoms with Gasteiger partial charge in [-0.25, -0.2) is 17.9 Å². The minimum absolute atomic E-state index is 0.0144. The Morgan fingerprint density at radius 2 is 1.68 bits per heavy atom. The van der Waals surface area contributed by atoms with Gasteiger partial charge in [-0.1, -0.05) is 48.5 Å². The molecule has 1 fully saturated rings. The van der Waals surface area contributed by atoms with Crippen molar-refractivity contribution in [1.82, 2.24) is 9.62 Å². The highest BCUT2D eigenvalue weighted by Gasteiger charge is 2.41. The van der Waals surface area contributed by atoms with Gasteiger partial charge in [-0.3, -0.25) is 4.79 Å². The predicted molar refractivity (Wildman–Crippen MR) is 103 cm³/mol. The fourth-order valence-electron chi connectivity index (χ4n) is 3.05. The van der Waals surface area contributed by atoms with E-state index in [1.807, 2.05) is 30.3 Å². The van der Waals surface area contributed by atoms with Gasteiger partial charge in [-0.2, -0.15) is 0 Å². The number of amides is 1. The molecule has 1 aliphatic heterocycles. The summed E-state index contributed by atoms with van der Waals surface area (Å²) in [6, 6.07) is 15.4. The molecule has 9 heteroatoms. The summed E-state index contributed by atoms with van der Waals surface area (Å²) in [6.45, 7) is 0.0421. The lowest BCUT2D eigenvalue weighted by molar-refractivity contribution is -0.149. The lowest BCUT2D eigenvalue weighted by Gasteiger charge is -2.20. The highest BCUT2D eigenvalue weighted by molar-refractivity contribution is 7.89. The van der Waals surface area contributed by atoms with Crippen LogP contribution in [0, 0.1) is 0 Å². The van der Waals surface area contributed by atoms with Crippen molar-refractivity contribution in [3.05, 3.63) is 66.2 Å². The van der Waals surface area contributed by atoms with Crippen molar-refractivity contribution in [2.45, 2.75) is 30.0 Å². The quantitative estimate of drug-likeness (QED) is 0.438. The molecule has 28 heavy (non-hydrogen) atoms. The van der Waals surface area contributed by atoms with E-state index >= 15 is 0 Å². The van der Waals surface area contributed by atoms with Gasteiger partial charge in [0.05, 0.1) is 4.90 Å². The van der Waals surface area contributed by atoms with Crippen molar-refractivity contribution in [2.75, 3.05) is 6.54 Å². The first kappa shape index (κ1) is 20.3. The van der Waals surface area contributed by atoms with E-state index in [1.165, 1.54) is 12.1 Å². The van der Waals surface area contributed by atoms with Gasteiger partial charge in [0.2, 0.25) is 10.0 Å². The SMILES string of the molecule is O=C(OCc1ccccc1)[C@@H]1C[C@@H](NS(=O)(=O)c2ccccc2)CN1C(=O)Cl. The molecule has 0 radical (unpaired) electrons. The number of hydrogen-bond acceptors (Lipinski definition) is 5. The molecule has 0 aromatic heterocycles. The van der Waals surface area contributed by atoms with Crippen LogP contribution in [0.3, 0.4) is 0 Å². The molecule has 0 aliphatic carbocycles. The van der Waals surface area contributed by atoms with Gasteiger partial charge in [-0.15, -0.1) is 0 Å². The number of likely N-dealkylation sites (tertiary alicyclic amines) is 1. The van der Waals surface area contributed by atoms with E-state index < -0.39 is 33.4 Å². The van der Waals surface area contributed by atoms with Gasteiger partial charge in [0.25, 0.3) is 0 Å². The molecule has 148 valence electrons. The number of nitrogens with one attached hydrogen (secondary N) is 1. The summed E-state index contributed by atoms with van der Waals surface area (Å²) in [6.07, 6.45) is 0.0815. The number of carbonyl (C=O) groups excluding carboxylic acids is 2. The smallest absolute Gasteiger partial charge is 0.329 e. The molecule has 2 aromatic rings. The summed E-state index contributed by atoms with van der Waals surface area (Å²) in [5.74, 6) is -0.626. The lowest BCUT2D eigenvalue weighted by atomic mass is 10.2. The summed E-state index contributed by atoms with van der Waals surface area (Å²) in [5.41, 5.74) is 0.805. The summed E-state index contributed by atoms with van der Waals surface area (Å²) < 4.78 is 32.8. The molecule has 2 atom stereocenters. The van der Waals surface area contributed by atoms with Crippen LogP contribution in [0.4, 0.5) is 4.79 Å². The molecule has 1 saturated heterocycles. The van der Waals surface area contributed by atoms with E-state index in [-0.39, 0.29) is 24.5 Å². The lowest BCUT2D eigenvalue weighted by Crippen LogP contribution is -2.39. The Morgan fingerprint density at radius 3 is 2.29 bits per heavy atom. The van der Waals surface area contributed by atoms with Crippen LogP contribution in [0.1, 0.15) is 12.0 Å². The largest absolute Gasteiger partial charge is 0.459 e. The zero-order valence-electron chi connectivity index (χ0n) is 14.8. The third-order valence-electron chi connectivity index (χ3n) is 4.40. The van der Waals surface area contributed by atoms with Crippen LogP contribution >= 0.6 is 11.6 Å². The van der Waals surface area contributed by atoms with Gasteiger partial charge in [-0.05, 0) is 35.7 Å².